The predicted molar refractivity (Wildman–Crippen MR) is 573 cm³/mol. The largest absolute Gasteiger partial charge is 0.326 e. The first-order chi connectivity index (χ1) is 71.6. The molecule has 148 heavy (non-hydrogen) atoms. The first-order valence-electron chi connectivity index (χ1n) is 50.1. The van der Waals surface area contributed by atoms with Crippen molar-refractivity contribution < 1.29 is 41.1 Å². The zero-order valence-electron chi connectivity index (χ0n) is 83.4. The van der Waals surface area contributed by atoms with Crippen LogP contribution in [-0.2, 0) is 26.2 Å². The minimum atomic E-state index is -0.689. The molecule has 760 valence electrons. The summed E-state index contributed by atoms with van der Waals surface area (Å²) in [5.41, 5.74) is 44.1. The van der Waals surface area contributed by atoms with Gasteiger partial charge >= 0.3 is 0 Å². The second-order valence-electron chi connectivity index (χ2n) is 38.6. The van der Waals surface area contributed by atoms with Crippen LogP contribution in [0.15, 0.2) is 291 Å². The molecule has 20 rings (SSSR count). The Morgan fingerprint density at radius 3 is 0.912 bits per heavy atom. The van der Waals surface area contributed by atoms with Gasteiger partial charge in [-0.25, -0.2) is 40.7 Å². The summed E-state index contributed by atoms with van der Waals surface area (Å²) in [5, 5.41) is 44.8. The van der Waals surface area contributed by atoms with Crippen molar-refractivity contribution in [1.29, 1.82) is 0 Å². The number of carbonyl (C=O) groups excluding carboxylic acids is 4. The van der Waals surface area contributed by atoms with Gasteiger partial charge < -0.3 is 65.5 Å². The highest BCUT2D eigenvalue weighted by atomic mass is 35.5. The number of hydrogen-bond acceptors (Lipinski definition) is 16. The summed E-state index contributed by atoms with van der Waals surface area (Å²) < 4.78 is 79.8. The Morgan fingerprint density at radius 1 is 0.304 bits per heavy atom. The number of nitrogens with one attached hydrogen (secondary N) is 8. The van der Waals surface area contributed by atoms with Gasteiger partial charge in [0, 0.05) is 70.6 Å². The van der Waals surface area contributed by atoms with Crippen molar-refractivity contribution in [2.75, 3.05) is 47.4 Å². The van der Waals surface area contributed by atoms with E-state index in [4.69, 9.17) is 34.5 Å². The van der Waals surface area contributed by atoms with E-state index in [0.29, 0.717) is 125 Å². The molecule has 4 amide bonds. The standard InChI is InChI=1S/C30H32ClN5O.C30H32FN5O.2C29H29F2N5O/c2*1-19-9-12-26(27(31)13-19)29(33-18-21-10-11-21)23-6-4-7-24(16-23)34-30(37)28-14-20(2)35-36(28)25-8-3-5-22(15-25)17-32;1-18-13-26(36(35-18)23-8-2-5-20(14-23)16-32)29(37)34-22-7-3-6-21(15-22)28(33-17-19-11-12-19)27-24(30)9-4-10-25(27)31;1-18-12-27(36(35-18)24-7-2-4-20(13-24)16-32)29(37)34-23-6-3-5-21(14-23)28(33-17-19-8-9-19)25-15-22(30)10-11-26(25)31/h2*3-9,12-16,21,29,33H,10-11,17-18,32H2,1-2H3,(H,34,37);2-10,13-15,19,28,33H,11-12,16-17,32H2,1H3,(H,34,37);2-7,10-15,19,28,33H,8-9,16-17,32H2,1H3,(H,34,37). The van der Waals surface area contributed by atoms with Crippen molar-refractivity contribution in [3.05, 3.63) is 449 Å². The van der Waals surface area contributed by atoms with Crippen molar-refractivity contribution in [2.45, 2.75) is 143 Å². The monoisotopic (exact) mass is 2010 g/mol. The Kier molecular flexibility index (Phi) is 33.9. The van der Waals surface area contributed by atoms with E-state index in [-0.39, 0.29) is 52.7 Å². The fourth-order valence-electron chi connectivity index (χ4n) is 17.9. The molecule has 4 aliphatic carbocycles. The molecule has 0 aliphatic heterocycles. The molecule has 16 aromatic rings. The fraction of sp³-hybridized carbons (Fsp3) is 0.254. The second kappa shape index (κ2) is 48.1. The van der Waals surface area contributed by atoms with E-state index in [1.165, 1.54) is 49.9 Å². The average molecular weight is 2010 g/mol. The molecule has 0 spiro atoms. The van der Waals surface area contributed by atoms with Crippen molar-refractivity contribution in [2.24, 2.45) is 46.6 Å². The van der Waals surface area contributed by atoms with Crippen LogP contribution < -0.4 is 65.5 Å². The maximum atomic E-state index is 15.0. The highest BCUT2D eigenvalue weighted by molar-refractivity contribution is 6.31. The smallest absolute Gasteiger partial charge is 0.274 e. The van der Waals surface area contributed by atoms with Gasteiger partial charge in [0.2, 0.25) is 0 Å². The van der Waals surface area contributed by atoms with Crippen LogP contribution in [0.1, 0.15) is 218 Å². The number of aromatic nitrogens is 8. The van der Waals surface area contributed by atoms with E-state index in [1.54, 1.807) is 91.5 Å². The fourth-order valence-corrected chi connectivity index (χ4v) is 18.3. The highest BCUT2D eigenvalue weighted by Crippen LogP contribution is 2.40. The van der Waals surface area contributed by atoms with E-state index < -0.39 is 35.4 Å². The third-order valence-corrected chi connectivity index (χ3v) is 26.8. The van der Waals surface area contributed by atoms with Gasteiger partial charge in [-0.15, -0.1) is 0 Å². The molecule has 0 saturated heterocycles. The predicted octanol–water partition coefficient (Wildman–Crippen LogP) is 21.9. The van der Waals surface area contributed by atoms with Crippen LogP contribution in [0.2, 0.25) is 5.02 Å². The van der Waals surface area contributed by atoms with E-state index >= 15 is 0 Å². The van der Waals surface area contributed by atoms with Gasteiger partial charge in [0.1, 0.15) is 51.9 Å². The van der Waals surface area contributed by atoms with Crippen LogP contribution in [0.3, 0.4) is 0 Å². The summed E-state index contributed by atoms with van der Waals surface area (Å²) in [4.78, 5) is 53.4. The Morgan fingerprint density at radius 2 is 0.595 bits per heavy atom. The molecule has 4 unspecified atom stereocenters. The molecule has 4 aromatic heterocycles. The summed E-state index contributed by atoms with van der Waals surface area (Å²) in [6, 6.07) is 84.5. The first-order valence-corrected chi connectivity index (χ1v) is 50.5. The number of rotatable bonds is 36. The zero-order chi connectivity index (χ0) is 104. The molecule has 24 nitrogen and oxygen atoms in total. The maximum absolute atomic E-state index is 15.0. The highest BCUT2D eigenvalue weighted by Gasteiger charge is 2.33. The van der Waals surface area contributed by atoms with E-state index in [9.17, 15) is 41.1 Å². The summed E-state index contributed by atoms with van der Waals surface area (Å²) in [6.45, 7) is 16.0. The topological polar surface area (TPSA) is 340 Å². The lowest BCUT2D eigenvalue weighted by atomic mass is 9.96. The van der Waals surface area contributed by atoms with Gasteiger partial charge in [0.05, 0.1) is 69.7 Å². The lowest BCUT2D eigenvalue weighted by Gasteiger charge is -2.22. The Balaban J connectivity index is 0.000000135. The molecule has 0 bridgehead atoms. The Bertz CT molecular complexity index is 7210. The molecule has 0 radical (unpaired) electrons. The SMILES string of the molecule is Cc1cc(C(=O)Nc2cccc(C(NCC3CC3)c3c(F)cccc3F)c2)n(-c2cccc(CN)c2)n1.Cc1cc(C(=O)Nc2cccc(C(NCC3CC3)c3cc(F)ccc3F)c2)n(-c2cccc(CN)c2)n1.Cc1ccc(C(NCC2CC2)c2cccc(NC(=O)c3cc(C)nn3-c3cccc(CN)c3)c2)c(Cl)c1.Cc1ccc(C(NCC2CC2)c2cccc(NC(=O)c3cc(C)nn3-c3cccc(CN)c3)c2)c(F)c1. The number of benzene rings is 12. The number of aryl methyl sites for hydroxylation is 6. The van der Waals surface area contributed by atoms with Gasteiger partial charge in [-0.05, 0) is 368 Å². The van der Waals surface area contributed by atoms with Crippen molar-refractivity contribution in [3.63, 3.8) is 0 Å². The molecule has 30 heteroatoms. The third-order valence-electron chi connectivity index (χ3n) is 26.5. The number of amides is 4. The molecular formula is C118H122ClF5N20O4. The summed E-state index contributed by atoms with van der Waals surface area (Å²) >= 11 is 6.68. The zero-order valence-corrected chi connectivity index (χ0v) is 84.2. The van der Waals surface area contributed by atoms with Gasteiger partial charge in [0.15, 0.2) is 0 Å². The third kappa shape index (κ3) is 27.1. The van der Waals surface area contributed by atoms with Crippen LogP contribution in [0.4, 0.5) is 44.7 Å². The van der Waals surface area contributed by atoms with Crippen LogP contribution in [-0.4, -0.2) is 88.9 Å². The Labute approximate surface area is 863 Å². The molecule has 4 atom stereocenters. The second-order valence-corrected chi connectivity index (χ2v) is 39.0. The number of anilines is 4. The first kappa shape index (κ1) is 104. The molecule has 4 fully saturated rings. The number of halogens is 6. The lowest BCUT2D eigenvalue weighted by Crippen LogP contribution is -2.26. The molecular weight excluding hydrogens is 1890 g/mol. The summed E-state index contributed by atoms with van der Waals surface area (Å²) in [7, 11) is 0. The Hall–Kier alpha value is -15.0. The minimum absolute atomic E-state index is 0.0277. The lowest BCUT2D eigenvalue weighted by molar-refractivity contribution is 0.101. The van der Waals surface area contributed by atoms with E-state index in [0.717, 1.165) is 152 Å². The molecule has 16 N–H and O–H groups in total. The number of nitrogens with zero attached hydrogens (tertiary/aromatic N) is 8. The van der Waals surface area contributed by atoms with Gasteiger partial charge in [-0.2, -0.15) is 20.4 Å². The quantitative estimate of drug-likeness (QED) is 0.0162. The van der Waals surface area contributed by atoms with Gasteiger partial charge in [-0.3, -0.25) is 19.2 Å². The van der Waals surface area contributed by atoms with E-state index in [1.807, 2.05) is 205 Å². The molecule has 4 aliphatic rings. The van der Waals surface area contributed by atoms with Crippen LogP contribution in [0.5, 0.6) is 0 Å². The van der Waals surface area contributed by atoms with Crippen molar-refractivity contribution in [1.82, 2.24) is 60.4 Å². The number of carbonyl (C=O) groups is 4. The van der Waals surface area contributed by atoms with E-state index in [2.05, 4.69) is 81.1 Å². The van der Waals surface area contributed by atoms with Crippen LogP contribution >= 0.6 is 11.6 Å². The number of hydrogen-bond donors (Lipinski definition) is 12. The van der Waals surface area contributed by atoms with Crippen molar-refractivity contribution in [3.8, 4) is 22.7 Å². The summed E-state index contributed by atoms with van der Waals surface area (Å²) in [5.74, 6) is -1.21. The normalized spacial score (nSPS) is 13.9. The minimum Gasteiger partial charge on any atom is -0.326 e. The molecule has 4 heterocycles. The summed E-state index contributed by atoms with van der Waals surface area (Å²) in [6.07, 6.45) is 9.40. The van der Waals surface area contributed by atoms with Gasteiger partial charge in [0.25, 0.3) is 23.6 Å². The number of nitrogens with two attached hydrogens (primary N) is 4. The molecule has 12 aromatic carbocycles. The molecule has 4 saturated carbocycles. The average Bonchev–Trinajstić information content (AvgIpc) is 1.83. The van der Waals surface area contributed by atoms with Crippen molar-refractivity contribution >= 4 is 58.0 Å². The van der Waals surface area contributed by atoms with Gasteiger partial charge in [-0.1, -0.05) is 139 Å². The van der Waals surface area contributed by atoms with Crippen LogP contribution in [0, 0.1) is 94.3 Å². The maximum Gasteiger partial charge on any atom is 0.274 e. The van der Waals surface area contributed by atoms with Crippen LogP contribution in [0.25, 0.3) is 22.7 Å².